The molecule has 2 N–H and O–H groups in total. The molecule has 0 aliphatic heterocycles. The lowest BCUT2D eigenvalue weighted by Crippen LogP contribution is -2.08. The van der Waals surface area contributed by atoms with Crippen LogP contribution in [0, 0.1) is 11.6 Å². The number of hydrogen-bond acceptors (Lipinski definition) is 5. The first-order chi connectivity index (χ1) is 10.1. The van der Waals surface area contributed by atoms with E-state index in [9.17, 15) is 8.78 Å². The van der Waals surface area contributed by atoms with Crippen molar-refractivity contribution in [3.05, 3.63) is 23.8 Å². The number of halogens is 2. The first kappa shape index (κ1) is 15.3. The second-order valence-corrected chi connectivity index (χ2v) is 4.55. The normalized spacial score (nSPS) is 11.0. The van der Waals surface area contributed by atoms with Gasteiger partial charge in [-0.15, -0.1) is 5.10 Å². The molecule has 0 spiro atoms. The molecule has 2 aromatic rings. The van der Waals surface area contributed by atoms with E-state index in [-0.39, 0.29) is 11.3 Å². The van der Waals surface area contributed by atoms with E-state index in [0.29, 0.717) is 32.0 Å². The number of nitrogen functional groups attached to an aromatic ring is 1. The van der Waals surface area contributed by atoms with Crippen LogP contribution in [0.2, 0.25) is 0 Å². The Labute approximate surface area is 120 Å². The van der Waals surface area contributed by atoms with E-state index in [2.05, 4.69) is 15.5 Å². The van der Waals surface area contributed by atoms with Crippen LogP contribution in [0.5, 0.6) is 0 Å². The number of ether oxygens (including phenoxy) is 1. The summed E-state index contributed by atoms with van der Waals surface area (Å²) in [6.07, 6.45) is 1.67. The summed E-state index contributed by atoms with van der Waals surface area (Å²) < 4.78 is 33.3. The fourth-order valence-corrected chi connectivity index (χ4v) is 1.87. The molecule has 1 heterocycles. The van der Waals surface area contributed by atoms with Gasteiger partial charge in [0.25, 0.3) is 0 Å². The van der Waals surface area contributed by atoms with Gasteiger partial charge in [-0.05, 0) is 29.3 Å². The van der Waals surface area contributed by atoms with E-state index in [1.54, 1.807) is 0 Å². The molecule has 1 aromatic heterocycles. The molecule has 0 saturated carbocycles. The molecule has 2 rings (SSSR count). The minimum Gasteiger partial charge on any atom is -0.398 e. The molecule has 6 nitrogen and oxygen atoms in total. The van der Waals surface area contributed by atoms with Crippen LogP contribution in [0.1, 0.15) is 19.8 Å². The summed E-state index contributed by atoms with van der Waals surface area (Å²) in [6.45, 7) is 3.83. The minimum absolute atomic E-state index is 0.0900. The van der Waals surface area contributed by atoms with Crippen molar-refractivity contribution in [2.75, 3.05) is 18.9 Å². The number of tetrazole rings is 1. The van der Waals surface area contributed by atoms with Gasteiger partial charge in [0, 0.05) is 37.1 Å². The van der Waals surface area contributed by atoms with Gasteiger partial charge in [0.1, 0.15) is 0 Å². The van der Waals surface area contributed by atoms with E-state index >= 15 is 0 Å². The van der Waals surface area contributed by atoms with Crippen LogP contribution in [-0.2, 0) is 11.3 Å². The number of benzene rings is 1. The van der Waals surface area contributed by atoms with E-state index in [4.69, 9.17) is 10.5 Å². The topological polar surface area (TPSA) is 78.8 Å². The van der Waals surface area contributed by atoms with Crippen molar-refractivity contribution in [1.82, 2.24) is 20.2 Å². The summed E-state index contributed by atoms with van der Waals surface area (Å²) in [4.78, 5) is 0. The molecule has 0 unspecified atom stereocenters. The fraction of sp³-hybridized carbons (Fsp3) is 0.462. The van der Waals surface area contributed by atoms with Gasteiger partial charge in [-0.1, -0.05) is 6.92 Å². The summed E-state index contributed by atoms with van der Waals surface area (Å²) >= 11 is 0. The molecule has 8 heteroatoms. The van der Waals surface area contributed by atoms with E-state index in [1.165, 1.54) is 4.68 Å². The highest BCUT2D eigenvalue weighted by molar-refractivity contribution is 5.71. The lowest BCUT2D eigenvalue weighted by Gasteiger charge is -2.08. The van der Waals surface area contributed by atoms with Gasteiger partial charge < -0.3 is 10.5 Å². The number of rotatable bonds is 7. The number of nitrogens with zero attached hydrogens (tertiary/aromatic N) is 4. The summed E-state index contributed by atoms with van der Waals surface area (Å²) in [7, 11) is 0. The van der Waals surface area contributed by atoms with Crippen molar-refractivity contribution < 1.29 is 13.5 Å². The molecule has 0 atom stereocenters. The SMILES string of the molecule is CCCOCCCn1nnnc1-c1cc(F)c(F)cc1N. The third-order valence-electron chi connectivity index (χ3n) is 2.87. The van der Waals surface area contributed by atoms with Crippen LogP contribution in [0.4, 0.5) is 14.5 Å². The third-order valence-corrected chi connectivity index (χ3v) is 2.87. The quantitative estimate of drug-likeness (QED) is 0.625. The Morgan fingerprint density at radius 1 is 1.24 bits per heavy atom. The zero-order chi connectivity index (χ0) is 15.2. The Balaban J connectivity index is 2.11. The Hall–Kier alpha value is -2.09. The van der Waals surface area contributed by atoms with Crippen LogP contribution >= 0.6 is 0 Å². The van der Waals surface area contributed by atoms with Gasteiger partial charge in [0.15, 0.2) is 17.5 Å². The molecule has 1 aromatic carbocycles. The van der Waals surface area contributed by atoms with Crippen molar-refractivity contribution in [2.45, 2.75) is 26.3 Å². The summed E-state index contributed by atoms with van der Waals surface area (Å²) in [5.41, 5.74) is 6.07. The molecular formula is C13H17F2N5O. The number of hydrogen-bond donors (Lipinski definition) is 1. The molecule has 114 valence electrons. The average molecular weight is 297 g/mol. The smallest absolute Gasteiger partial charge is 0.184 e. The largest absolute Gasteiger partial charge is 0.398 e. The van der Waals surface area contributed by atoms with Gasteiger partial charge in [0.2, 0.25) is 0 Å². The maximum atomic E-state index is 13.3. The highest BCUT2D eigenvalue weighted by Gasteiger charge is 2.15. The zero-order valence-electron chi connectivity index (χ0n) is 11.7. The Kier molecular flexibility index (Phi) is 5.15. The molecule has 0 aliphatic rings. The minimum atomic E-state index is -0.997. The number of nitrogens with two attached hydrogens (primary N) is 1. The summed E-state index contributed by atoms with van der Waals surface area (Å²) in [6, 6.07) is 1.93. The highest BCUT2D eigenvalue weighted by atomic mass is 19.2. The van der Waals surface area contributed by atoms with Crippen LogP contribution in [-0.4, -0.2) is 33.4 Å². The predicted octanol–water partition coefficient (Wildman–Crippen LogP) is 2.02. The molecular weight excluding hydrogens is 280 g/mol. The average Bonchev–Trinajstić information content (AvgIpc) is 2.91. The predicted molar refractivity (Wildman–Crippen MR) is 73.3 cm³/mol. The second kappa shape index (κ2) is 7.07. The molecule has 0 aliphatic carbocycles. The Bertz CT molecular complexity index is 602. The number of anilines is 1. The molecule has 0 fully saturated rings. The lowest BCUT2D eigenvalue weighted by molar-refractivity contribution is 0.128. The van der Waals surface area contributed by atoms with Crippen LogP contribution < -0.4 is 5.73 Å². The van der Waals surface area contributed by atoms with Gasteiger partial charge >= 0.3 is 0 Å². The second-order valence-electron chi connectivity index (χ2n) is 4.55. The maximum absolute atomic E-state index is 13.3. The molecule has 0 radical (unpaired) electrons. The van der Waals surface area contributed by atoms with Gasteiger partial charge in [-0.25, -0.2) is 13.5 Å². The van der Waals surface area contributed by atoms with Gasteiger partial charge in [-0.3, -0.25) is 0 Å². The molecule has 0 saturated heterocycles. The van der Waals surface area contributed by atoms with Gasteiger partial charge in [0.05, 0.1) is 0 Å². The van der Waals surface area contributed by atoms with Crippen molar-refractivity contribution in [2.24, 2.45) is 0 Å². The van der Waals surface area contributed by atoms with Crippen molar-refractivity contribution in [1.29, 1.82) is 0 Å². The number of aromatic nitrogens is 4. The fourth-order valence-electron chi connectivity index (χ4n) is 1.87. The first-order valence-electron chi connectivity index (χ1n) is 6.72. The van der Waals surface area contributed by atoms with Crippen molar-refractivity contribution in [3.63, 3.8) is 0 Å². The maximum Gasteiger partial charge on any atom is 0.184 e. The third kappa shape index (κ3) is 3.72. The summed E-state index contributed by atoms with van der Waals surface area (Å²) in [5.74, 6) is -1.68. The Morgan fingerprint density at radius 3 is 2.76 bits per heavy atom. The molecule has 0 bridgehead atoms. The van der Waals surface area contributed by atoms with Crippen LogP contribution in [0.3, 0.4) is 0 Å². The molecule has 0 amide bonds. The standard InChI is InChI=1S/C13H17F2N5O/c1-2-5-21-6-3-4-20-13(17-18-19-20)9-7-10(14)11(15)8-12(9)16/h7-8H,2-6,16H2,1H3. The van der Waals surface area contributed by atoms with Crippen LogP contribution in [0.25, 0.3) is 11.4 Å². The van der Waals surface area contributed by atoms with Crippen LogP contribution in [0.15, 0.2) is 12.1 Å². The van der Waals surface area contributed by atoms with E-state index in [0.717, 1.165) is 18.6 Å². The van der Waals surface area contributed by atoms with E-state index in [1.807, 2.05) is 6.92 Å². The highest BCUT2D eigenvalue weighted by Crippen LogP contribution is 2.26. The lowest BCUT2D eigenvalue weighted by atomic mass is 10.1. The summed E-state index contributed by atoms with van der Waals surface area (Å²) in [5, 5.41) is 11.2. The Morgan fingerprint density at radius 2 is 2.00 bits per heavy atom. The number of aryl methyl sites for hydroxylation is 1. The molecule has 21 heavy (non-hydrogen) atoms. The van der Waals surface area contributed by atoms with Crippen molar-refractivity contribution >= 4 is 5.69 Å². The zero-order valence-corrected chi connectivity index (χ0v) is 11.7. The van der Waals surface area contributed by atoms with E-state index < -0.39 is 11.6 Å². The first-order valence-corrected chi connectivity index (χ1v) is 6.72. The monoisotopic (exact) mass is 297 g/mol. The van der Waals surface area contributed by atoms with Crippen molar-refractivity contribution in [3.8, 4) is 11.4 Å². The van der Waals surface area contributed by atoms with Gasteiger partial charge in [-0.2, -0.15) is 0 Å².